The van der Waals surface area contributed by atoms with Gasteiger partial charge < -0.3 is 15.0 Å². The number of thioether (sulfide) groups is 1. The number of nitrogens with zero attached hydrogens (tertiary/aromatic N) is 4. The minimum absolute atomic E-state index is 0.131. The number of alkyl halides is 3. The maximum atomic E-state index is 12.3. The molecule has 1 aliphatic heterocycles. The third kappa shape index (κ3) is 5.38. The van der Waals surface area contributed by atoms with Crippen molar-refractivity contribution in [2.45, 2.75) is 49.7 Å². The van der Waals surface area contributed by atoms with E-state index in [0.717, 1.165) is 62.0 Å². The molecule has 4 rings (SSSR count). The second kappa shape index (κ2) is 8.75. The number of ether oxygens (including phenoxy) is 1. The SMILES string of the molecule is O=C(CSc1nnc(N2CCCCC2)n1C1CC1)Nc1ccc(OC(F)(F)F)cc1. The molecule has 1 aromatic carbocycles. The predicted molar refractivity (Wildman–Crippen MR) is 107 cm³/mol. The van der Waals surface area contributed by atoms with Crippen molar-refractivity contribution in [2.75, 3.05) is 29.1 Å². The molecule has 1 aromatic heterocycles. The smallest absolute Gasteiger partial charge is 0.406 e. The Labute approximate surface area is 176 Å². The Kier molecular flexibility index (Phi) is 6.07. The zero-order chi connectivity index (χ0) is 21.1. The van der Waals surface area contributed by atoms with Crippen LogP contribution in [0.1, 0.15) is 38.1 Å². The molecule has 0 bridgehead atoms. The normalized spacial score (nSPS) is 17.1. The third-order valence-corrected chi connectivity index (χ3v) is 5.84. The maximum absolute atomic E-state index is 12.3. The van der Waals surface area contributed by atoms with Crippen molar-refractivity contribution < 1.29 is 22.7 Å². The summed E-state index contributed by atoms with van der Waals surface area (Å²) >= 11 is 1.32. The van der Waals surface area contributed by atoms with Crippen LogP contribution in [0, 0.1) is 0 Å². The van der Waals surface area contributed by atoms with Gasteiger partial charge in [-0.25, -0.2) is 0 Å². The number of benzene rings is 1. The number of hydrogen-bond donors (Lipinski definition) is 1. The highest BCUT2D eigenvalue weighted by molar-refractivity contribution is 7.99. The minimum Gasteiger partial charge on any atom is -0.406 e. The van der Waals surface area contributed by atoms with E-state index in [1.165, 1.54) is 30.3 Å². The molecule has 1 saturated heterocycles. The lowest BCUT2D eigenvalue weighted by atomic mass is 10.1. The fraction of sp³-hybridized carbons (Fsp3) is 0.526. The summed E-state index contributed by atoms with van der Waals surface area (Å²) in [4.78, 5) is 14.6. The molecule has 2 aliphatic rings. The number of carbonyl (C=O) groups excluding carboxylic acids is 1. The van der Waals surface area contributed by atoms with Gasteiger partial charge >= 0.3 is 6.36 Å². The number of amides is 1. The van der Waals surface area contributed by atoms with Crippen LogP contribution >= 0.6 is 11.8 Å². The van der Waals surface area contributed by atoms with Gasteiger partial charge in [0.2, 0.25) is 11.9 Å². The van der Waals surface area contributed by atoms with Crippen LogP contribution in [0.4, 0.5) is 24.8 Å². The molecule has 0 radical (unpaired) electrons. The average molecular weight is 441 g/mol. The van der Waals surface area contributed by atoms with Gasteiger partial charge in [-0.1, -0.05) is 11.8 Å². The second-order valence-corrected chi connectivity index (χ2v) is 8.28. The minimum atomic E-state index is -4.74. The largest absolute Gasteiger partial charge is 0.573 e. The molecule has 2 heterocycles. The monoisotopic (exact) mass is 441 g/mol. The van der Waals surface area contributed by atoms with Crippen LogP contribution in [-0.2, 0) is 4.79 Å². The first-order valence-electron chi connectivity index (χ1n) is 9.87. The number of piperidine rings is 1. The van der Waals surface area contributed by atoms with Crippen molar-refractivity contribution >= 4 is 29.3 Å². The van der Waals surface area contributed by atoms with Gasteiger partial charge in [0.15, 0.2) is 5.16 Å². The van der Waals surface area contributed by atoms with E-state index >= 15 is 0 Å². The number of carbonyl (C=O) groups is 1. The summed E-state index contributed by atoms with van der Waals surface area (Å²) < 4.78 is 42.6. The first-order valence-corrected chi connectivity index (χ1v) is 10.9. The highest BCUT2D eigenvalue weighted by Gasteiger charge is 2.32. The van der Waals surface area contributed by atoms with E-state index in [1.807, 2.05) is 0 Å². The van der Waals surface area contributed by atoms with Crippen LogP contribution in [-0.4, -0.2) is 45.9 Å². The molecule has 1 amide bonds. The zero-order valence-corrected chi connectivity index (χ0v) is 17.0. The van der Waals surface area contributed by atoms with E-state index in [0.29, 0.717) is 11.7 Å². The highest BCUT2D eigenvalue weighted by atomic mass is 32.2. The Balaban J connectivity index is 1.34. The van der Waals surface area contributed by atoms with Crippen LogP contribution in [0.3, 0.4) is 0 Å². The topological polar surface area (TPSA) is 72.3 Å². The summed E-state index contributed by atoms with van der Waals surface area (Å²) in [6.07, 6.45) is 0.964. The summed E-state index contributed by atoms with van der Waals surface area (Å²) in [5, 5.41) is 12.1. The van der Waals surface area contributed by atoms with Gasteiger partial charge in [-0.3, -0.25) is 9.36 Å². The Morgan fingerprint density at radius 1 is 1.13 bits per heavy atom. The first kappa shape index (κ1) is 20.8. The summed E-state index contributed by atoms with van der Waals surface area (Å²) in [7, 11) is 0. The van der Waals surface area contributed by atoms with Crippen molar-refractivity contribution in [3.8, 4) is 5.75 Å². The number of aromatic nitrogens is 3. The van der Waals surface area contributed by atoms with Gasteiger partial charge in [-0.2, -0.15) is 0 Å². The van der Waals surface area contributed by atoms with E-state index in [-0.39, 0.29) is 17.4 Å². The van der Waals surface area contributed by atoms with Crippen LogP contribution in [0.25, 0.3) is 0 Å². The summed E-state index contributed by atoms with van der Waals surface area (Å²) in [5.74, 6) is 0.415. The van der Waals surface area contributed by atoms with Crippen LogP contribution in [0.2, 0.25) is 0 Å². The lowest BCUT2D eigenvalue weighted by Crippen LogP contribution is -2.32. The second-order valence-electron chi connectivity index (χ2n) is 7.34. The fourth-order valence-electron chi connectivity index (χ4n) is 3.40. The molecule has 11 heteroatoms. The maximum Gasteiger partial charge on any atom is 0.573 e. The molecule has 0 unspecified atom stereocenters. The zero-order valence-electron chi connectivity index (χ0n) is 16.2. The van der Waals surface area contributed by atoms with Crippen LogP contribution < -0.4 is 15.0 Å². The standard InChI is InChI=1S/C19H22F3N5O2S/c20-19(21,22)29-15-8-4-13(5-9-15)23-16(28)12-30-18-25-24-17(27(18)14-6-7-14)26-10-2-1-3-11-26/h4-5,8-9,14H,1-3,6-7,10-12H2,(H,23,28). The Bertz CT molecular complexity index is 877. The molecule has 0 spiro atoms. The fourth-order valence-corrected chi connectivity index (χ4v) is 4.20. The number of nitrogens with one attached hydrogen (secondary N) is 1. The van der Waals surface area contributed by atoms with Gasteiger partial charge in [-0.15, -0.1) is 23.4 Å². The van der Waals surface area contributed by atoms with Gasteiger partial charge in [0, 0.05) is 24.8 Å². The molecule has 1 N–H and O–H groups in total. The molecular formula is C19H22F3N5O2S. The summed E-state index contributed by atoms with van der Waals surface area (Å²) in [5.41, 5.74) is 0.396. The van der Waals surface area contributed by atoms with E-state index in [1.54, 1.807) is 0 Å². The molecular weight excluding hydrogens is 419 g/mol. The van der Waals surface area contributed by atoms with Gasteiger partial charge in [-0.05, 0) is 56.4 Å². The molecule has 7 nitrogen and oxygen atoms in total. The number of hydrogen-bond acceptors (Lipinski definition) is 6. The number of halogens is 3. The van der Waals surface area contributed by atoms with E-state index in [4.69, 9.17) is 0 Å². The first-order chi connectivity index (χ1) is 14.4. The van der Waals surface area contributed by atoms with Gasteiger partial charge in [0.25, 0.3) is 0 Å². The Morgan fingerprint density at radius 3 is 2.47 bits per heavy atom. The average Bonchev–Trinajstić information content (AvgIpc) is 3.46. The van der Waals surface area contributed by atoms with E-state index in [2.05, 4.69) is 29.7 Å². The summed E-state index contributed by atoms with van der Waals surface area (Å²) in [6, 6.07) is 5.44. The van der Waals surface area contributed by atoms with Crippen molar-refractivity contribution in [2.24, 2.45) is 0 Å². The molecule has 30 heavy (non-hydrogen) atoms. The third-order valence-electron chi connectivity index (χ3n) is 4.90. The molecule has 2 fully saturated rings. The van der Waals surface area contributed by atoms with Gasteiger partial charge in [0.1, 0.15) is 5.75 Å². The number of rotatable bonds is 7. The number of anilines is 2. The molecule has 0 atom stereocenters. The quantitative estimate of drug-likeness (QED) is 0.649. The van der Waals surface area contributed by atoms with Crippen molar-refractivity contribution in [3.63, 3.8) is 0 Å². The molecule has 2 aromatic rings. The lowest BCUT2D eigenvalue weighted by Gasteiger charge is -2.27. The molecule has 162 valence electrons. The highest BCUT2D eigenvalue weighted by Crippen LogP contribution is 2.41. The Morgan fingerprint density at radius 2 is 1.83 bits per heavy atom. The predicted octanol–water partition coefficient (Wildman–Crippen LogP) is 4.23. The van der Waals surface area contributed by atoms with Crippen molar-refractivity contribution in [1.29, 1.82) is 0 Å². The Hall–Kier alpha value is -2.43. The molecule has 1 aliphatic carbocycles. The van der Waals surface area contributed by atoms with Crippen molar-refractivity contribution in [3.05, 3.63) is 24.3 Å². The van der Waals surface area contributed by atoms with Crippen molar-refractivity contribution in [1.82, 2.24) is 14.8 Å². The van der Waals surface area contributed by atoms with Crippen LogP contribution in [0.15, 0.2) is 29.4 Å². The molecule has 1 saturated carbocycles. The van der Waals surface area contributed by atoms with Crippen LogP contribution in [0.5, 0.6) is 5.75 Å². The van der Waals surface area contributed by atoms with E-state index < -0.39 is 6.36 Å². The summed E-state index contributed by atoms with van der Waals surface area (Å²) in [6.45, 7) is 1.95. The van der Waals surface area contributed by atoms with Gasteiger partial charge in [0.05, 0.1) is 5.75 Å². The van der Waals surface area contributed by atoms with E-state index in [9.17, 15) is 18.0 Å². The lowest BCUT2D eigenvalue weighted by molar-refractivity contribution is -0.274.